The lowest BCUT2D eigenvalue weighted by Gasteiger charge is -2.15. The molecule has 0 saturated heterocycles. The topological polar surface area (TPSA) is 131 Å². The molecule has 326 valence electrons. The van der Waals surface area contributed by atoms with E-state index >= 15 is 0 Å². The standard InChI is InChI=1S/C46H84NO8P/c1-3-5-7-9-11-13-15-17-19-21-22-23-25-27-29-31-33-35-37-39-46(50)53-42-44(48)43-55-56(51,52)54-41-40-47-45(49)38-36-34-32-30-28-26-24-20-18-16-14-12-10-8-6-4-2/h11,13-14,16-17,19-20,24,44,48H,3-10,12,15,18,21-23,25-43H2,1-2H3,(H,47,49)(H,51,52)/b13-11-,16-14-,19-17-,24-20-. The molecule has 2 atom stereocenters. The van der Waals surface area contributed by atoms with Crippen molar-refractivity contribution in [2.75, 3.05) is 26.4 Å². The van der Waals surface area contributed by atoms with Crippen molar-refractivity contribution < 1.29 is 37.9 Å². The van der Waals surface area contributed by atoms with Crippen LogP contribution in [0, 0.1) is 0 Å². The molecule has 0 rings (SSSR count). The summed E-state index contributed by atoms with van der Waals surface area (Å²) in [6, 6.07) is 0. The van der Waals surface area contributed by atoms with Crippen LogP contribution in [0.5, 0.6) is 0 Å². The second-order valence-electron chi connectivity index (χ2n) is 15.0. The summed E-state index contributed by atoms with van der Waals surface area (Å²) in [5, 5.41) is 12.7. The third-order valence-corrected chi connectivity index (χ3v) is 10.5. The molecule has 0 radical (unpaired) electrons. The van der Waals surface area contributed by atoms with E-state index in [1.54, 1.807) is 0 Å². The molecule has 0 heterocycles. The number of carbonyl (C=O) groups is 2. The van der Waals surface area contributed by atoms with Gasteiger partial charge in [-0.2, -0.15) is 0 Å². The third-order valence-electron chi connectivity index (χ3n) is 9.48. The average molecular weight is 810 g/mol. The van der Waals surface area contributed by atoms with Crippen molar-refractivity contribution in [2.45, 2.75) is 206 Å². The minimum Gasteiger partial charge on any atom is -0.463 e. The molecule has 0 aromatic heterocycles. The highest BCUT2D eigenvalue weighted by Gasteiger charge is 2.23. The Balaban J connectivity index is 3.61. The summed E-state index contributed by atoms with van der Waals surface area (Å²) in [5.74, 6) is -0.534. The van der Waals surface area contributed by atoms with E-state index in [2.05, 4.69) is 67.8 Å². The molecule has 0 spiro atoms. The highest BCUT2D eigenvalue weighted by atomic mass is 31.2. The molecule has 0 aliphatic heterocycles. The Hall–Kier alpha value is -2.03. The van der Waals surface area contributed by atoms with Crippen molar-refractivity contribution in [1.29, 1.82) is 0 Å². The van der Waals surface area contributed by atoms with Gasteiger partial charge in [0.2, 0.25) is 5.91 Å². The lowest BCUT2D eigenvalue weighted by Crippen LogP contribution is -2.27. The van der Waals surface area contributed by atoms with Gasteiger partial charge in [0.1, 0.15) is 12.7 Å². The minimum absolute atomic E-state index is 0.0726. The first-order valence-corrected chi connectivity index (χ1v) is 24.1. The SMILES string of the molecule is CCCCC/C=C\C/C=C\CCCCCCCCCCCC(=O)OCC(O)COP(=O)(O)OCCNC(=O)CCCCCCC/C=C\C/C=C\CCCCCC. The van der Waals surface area contributed by atoms with E-state index in [1.807, 2.05) is 0 Å². The van der Waals surface area contributed by atoms with Gasteiger partial charge < -0.3 is 20.1 Å². The van der Waals surface area contributed by atoms with E-state index in [1.165, 1.54) is 103 Å². The number of hydrogen-bond donors (Lipinski definition) is 3. The van der Waals surface area contributed by atoms with Crippen LogP contribution in [0.15, 0.2) is 48.6 Å². The summed E-state index contributed by atoms with van der Waals surface area (Å²) in [5.41, 5.74) is 0. The second-order valence-corrected chi connectivity index (χ2v) is 16.5. The number of phosphoric acid groups is 1. The van der Waals surface area contributed by atoms with Gasteiger partial charge in [0.05, 0.1) is 13.2 Å². The van der Waals surface area contributed by atoms with Crippen molar-refractivity contribution in [3.05, 3.63) is 48.6 Å². The van der Waals surface area contributed by atoms with E-state index in [0.717, 1.165) is 70.6 Å². The highest BCUT2D eigenvalue weighted by Crippen LogP contribution is 2.42. The Morgan fingerprint density at radius 3 is 1.46 bits per heavy atom. The van der Waals surface area contributed by atoms with Gasteiger partial charge in [-0.3, -0.25) is 18.6 Å². The largest absolute Gasteiger partial charge is 0.472 e. The van der Waals surface area contributed by atoms with Crippen LogP contribution in [0.25, 0.3) is 0 Å². The van der Waals surface area contributed by atoms with Crippen molar-refractivity contribution in [1.82, 2.24) is 5.32 Å². The molecule has 0 fully saturated rings. The fourth-order valence-electron chi connectivity index (χ4n) is 6.03. The lowest BCUT2D eigenvalue weighted by atomic mass is 10.1. The van der Waals surface area contributed by atoms with Crippen LogP contribution >= 0.6 is 7.82 Å². The van der Waals surface area contributed by atoms with Crippen molar-refractivity contribution in [3.8, 4) is 0 Å². The van der Waals surface area contributed by atoms with Crippen LogP contribution in [-0.4, -0.2) is 54.3 Å². The highest BCUT2D eigenvalue weighted by molar-refractivity contribution is 7.47. The zero-order valence-corrected chi connectivity index (χ0v) is 36.7. The van der Waals surface area contributed by atoms with E-state index in [0.29, 0.717) is 6.42 Å². The molecule has 1 amide bonds. The number of ether oxygens (including phenoxy) is 1. The van der Waals surface area contributed by atoms with Gasteiger partial charge >= 0.3 is 13.8 Å². The zero-order valence-electron chi connectivity index (χ0n) is 35.8. The maximum atomic E-state index is 12.1. The molecule has 2 unspecified atom stereocenters. The number of unbranched alkanes of at least 4 members (excludes halogenated alkanes) is 21. The van der Waals surface area contributed by atoms with Gasteiger partial charge in [-0.05, 0) is 77.0 Å². The maximum absolute atomic E-state index is 12.1. The predicted molar refractivity (Wildman–Crippen MR) is 234 cm³/mol. The first kappa shape index (κ1) is 54.0. The number of esters is 1. The van der Waals surface area contributed by atoms with Crippen LogP contribution in [0.3, 0.4) is 0 Å². The Morgan fingerprint density at radius 2 is 0.964 bits per heavy atom. The van der Waals surface area contributed by atoms with E-state index in [-0.39, 0.29) is 32.1 Å². The van der Waals surface area contributed by atoms with E-state index < -0.39 is 26.5 Å². The molecule has 0 aromatic rings. The number of carbonyl (C=O) groups excluding carboxylic acids is 2. The Kier molecular flexibility index (Phi) is 41.0. The molecule has 0 aliphatic rings. The molecular weight excluding hydrogens is 725 g/mol. The fraction of sp³-hybridized carbons (Fsp3) is 0.783. The molecule has 3 N–H and O–H groups in total. The molecule has 10 heteroatoms. The van der Waals surface area contributed by atoms with Crippen LogP contribution < -0.4 is 5.32 Å². The summed E-state index contributed by atoms with van der Waals surface area (Å²) in [6.07, 6.45) is 48.9. The minimum atomic E-state index is -4.42. The molecule has 56 heavy (non-hydrogen) atoms. The lowest BCUT2D eigenvalue weighted by molar-refractivity contribution is -0.147. The fourth-order valence-corrected chi connectivity index (χ4v) is 6.79. The predicted octanol–water partition coefficient (Wildman–Crippen LogP) is 12.7. The van der Waals surface area contributed by atoms with Gasteiger partial charge in [0.25, 0.3) is 0 Å². The first-order chi connectivity index (χ1) is 27.3. The summed E-state index contributed by atoms with van der Waals surface area (Å²) < 4.78 is 26.9. The van der Waals surface area contributed by atoms with Gasteiger partial charge in [-0.1, -0.05) is 159 Å². The van der Waals surface area contributed by atoms with Crippen molar-refractivity contribution >= 4 is 19.7 Å². The molecule has 0 aromatic carbocycles. The smallest absolute Gasteiger partial charge is 0.463 e. The van der Waals surface area contributed by atoms with Crippen LogP contribution in [0.4, 0.5) is 0 Å². The molecule has 0 bridgehead atoms. The zero-order chi connectivity index (χ0) is 41.1. The van der Waals surface area contributed by atoms with Gasteiger partial charge in [-0.25, -0.2) is 4.57 Å². The molecular formula is C46H84NO8P. The second kappa shape index (κ2) is 42.6. The Labute approximate surface area is 343 Å². The number of hydrogen-bond acceptors (Lipinski definition) is 7. The number of aliphatic hydroxyl groups excluding tert-OH is 1. The summed E-state index contributed by atoms with van der Waals surface area (Å²) in [7, 11) is -4.42. The quantitative estimate of drug-likeness (QED) is 0.0240. The van der Waals surface area contributed by atoms with E-state index in [4.69, 9.17) is 13.8 Å². The molecule has 9 nitrogen and oxygen atoms in total. The maximum Gasteiger partial charge on any atom is 0.472 e. The first-order valence-electron chi connectivity index (χ1n) is 22.6. The molecule has 0 saturated carbocycles. The Bertz CT molecular complexity index is 1060. The third kappa shape index (κ3) is 43.1. The summed E-state index contributed by atoms with van der Waals surface area (Å²) in [4.78, 5) is 33.9. The van der Waals surface area contributed by atoms with Crippen LogP contribution in [0.2, 0.25) is 0 Å². The van der Waals surface area contributed by atoms with Crippen LogP contribution in [0.1, 0.15) is 200 Å². The van der Waals surface area contributed by atoms with E-state index in [9.17, 15) is 24.2 Å². The van der Waals surface area contributed by atoms with Crippen molar-refractivity contribution in [2.24, 2.45) is 0 Å². The summed E-state index contributed by atoms with van der Waals surface area (Å²) >= 11 is 0. The van der Waals surface area contributed by atoms with Crippen molar-refractivity contribution in [3.63, 3.8) is 0 Å². The van der Waals surface area contributed by atoms with Gasteiger partial charge in [0.15, 0.2) is 0 Å². The number of nitrogens with one attached hydrogen (secondary N) is 1. The number of allylic oxidation sites excluding steroid dienone is 8. The van der Waals surface area contributed by atoms with Crippen LogP contribution in [-0.2, 0) is 27.9 Å². The average Bonchev–Trinajstić information content (AvgIpc) is 3.18. The summed E-state index contributed by atoms with van der Waals surface area (Å²) in [6.45, 7) is 3.50. The normalized spacial score (nSPS) is 13.7. The number of aliphatic hydroxyl groups is 1. The number of phosphoric ester groups is 1. The monoisotopic (exact) mass is 810 g/mol. The number of amides is 1. The van der Waals surface area contributed by atoms with Gasteiger partial charge in [0, 0.05) is 19.4 Å². The van der Waals surface area contributed by atoms with Gasteiger partial charge in [-0.15, -0.1) is 0 Å². The number of rotatable bonds is 42. The molecule has 0 aliphatic carbocycles. The Morgan fingerprint density at radius 1 is 0.554 bits per heavy atom.